The van der Waals surface area contributed by atoms with Crippen molar-refractivity contribution in [2.24, 2.45) is 0 Å². The van der Waals surface area contributed by atoms with Gasteiger partial charge in [-0.15, -0.1) is 0 Å². The van der Waals surface area contributed by atoms with Gasteiger partial charge >= 0.3 is 8.56 Å². The van der Waals surface area contributed by atoms with Crippen molar-refractivity contribution in [3.63, 3.8) is 0 Å². The van der Waals surface area contributed by atoms with Crippen LogP contribution in [0.2, 0.25) is 12.6 Å². The van der Waals surface area contributed by atoms with Gasteiger partial charge in [0, 0.05) is 13.7 Å². The molecular weight excluding hydrogens is 216 g/mol. The Hall–Kier alpha value is 0.0169. The fourth-order valence-corrected chi connectivity index (χ4v) is 1.95. The molecule has 92 valence electrons. The summed E-state index contributed by atoms with van der Waals surface area (Å²) in [6.07, 6.45) is -0.925. The maximum Gasteiger partial charge on any atom is 0.332 e. The summed E-state index contributed by atoms with van der Waals surface area (Å²) >= 11 is 0. The van der Waals surface area contributed by atoms with Gasteiger partial charge < -0.3 is 24.2 Å². The van der Waals surface area contributed by atoms with Crippen LogP contribution in [0.1, 0.15) is 13.3 Å². The monoisotopic (exact) mass is 238 g/mol. The summed E-state index contributed by atoms with van der Waals surface area (Å²) in [4.78, 5) is 9.59. The summed E-state index contributed by atoms with van der Waals surface area (Å²) in [7, 11) is -0.964. The van der Waals surface area contributed by atoms with Gasteiger partial charge in [-0.05, 0) is 25.9 Å². The van der Waals surface area contributed by atoms with Gasteiger partial charge in [0.25, 0.3) is 0 Å². The highest BCUT2D eigenvalue weighted by molar-refractivity contribution is 6.64. The molecule has 3 unspecified atom stereocenters. The van der Waals surface area contributed by atoms with E-state index in [1.807, 2.05) is 0 Å². The van der Waals surface area contributed by atoms with Gasteiger partial charge in [-0.25, -0.2) is 0 Å². The van der Waals surface area contributed by atoms with Crippen molar-refractivity contribution in [2.75, 3.05) is 20.3 Å². The van der Waals surface area contributed by atoms with E-state index in [0.29, 0.717) is 19.1 Å². The van der Waals surface area contributed by atoms with Crippen molar-refractivity contribution in [3.8, 4) is 0 Å². The maximum atomic E-state index is 9.59. The molecule has 0 saturated carbocycles. The topological polar surface area (TPSA) is 79.2 Å². The maximum absolute atomic E-state index is 9.59. The number of aliphatic hydroxyl groups excluding tert-OH is 2. The SMILES string of the molecule is CO[Si](C)(O)CCCOCC(O)C(C)O. The van der Waals surface area contributed by atoms with E-state index in [9.17, 15) is 9.90 Å². The van der Waals surface area contributed by atoms with Gasteiger partial charge in [0.15, 0.2) is 0 Å². The molecule has 0 heterocycles. The quantitative estimate of drug-likeness (QED) is 0.405. The lowest BCUT2D eigenvalue weighted by molar-refractivity contribution is -0.0303. The fourth-order valence-electron chi connectivity index (χ4n) is 0.948. The van der Waals surface area contributed by atoms with Crippen molar-refractivity contribution in [2.45, 2.75) is 38.1 Å². The Labute approximate surface area is 91.9 Å². The van der Waals surface area contributed by atoms with Crippen LogP contribution in [-0.2, 0) is 9.16 Å². The van der Waals surface area contributed by atoms with Gasteiger partial charge in [-0.2, -0.15) is 0 Å². The molecule has 0 aromatic heterocycles. The lowest BCUT2D eigenvalue weighted by atomic mass is 10.2. The normalized spacial score (nSPS) is 19.6. The second kappa shape index (κ2) is 7.32. The zero-order chi connectivity index (χ0) is 11.9. The molecule has 0 aliphatic rings. The summed E-state index contributed by atoms with van der Waals surface area (Å²) in [5.41, 5.74) is 0. The van der Waals surface area contributed by atoms with Crippen LogP contribution in [0.15, 0.2) is 0 Å². The summed E-state index contributed by atoms with van der Waals surface area (Å²) < 4.78 is 10.1. The van der Waals surface area contributed by atoms with E-state index in [-0.39, 0.29) is 6.61 Å². The van der Waals surface area contributed by atoms with Gasteiger partial charge in [0.2, 0.25) is 0 Å². The third kappa shape index (κ3) is 7.89. The van der Waals surface area contributed by atoms with E-state index in [0.717, 1.165) is 0 Å². The minimum absolute atomic E-state index is 0.119. The van der Waals surface area contributed by atoms with Crippen LogP contribution in [-0.4, -0.2) is 56.1 Å². The zero-order valence-electron chi connectivity index (χ0n) is 9.64. The van der Waals surface area contributed by atoms with Crippen LogP contribution in [0.5, 0.6) is 0 Å². The smallest absolute Gasteiger partial charge is 0.332 e. The zero-order valence-corrected chi connectivity index (χ0v) is 10.6. The summed E-state index contributed by atoms with van der Waals surface area (Å²) in [5.74, 6) is 0. The average molecular weight is 238 g/mol. The molecule has 0 radical (unpaired) electrons. The first-order chi connectivity index (χ1) is 6.89. The lowest BCUT2D eigenvalue weighted by Gasteiger charge is -2.18. The number of rotatable bonds is 8. The van der Waals surface area contributed by atoms with E-state index in [1.165, 1.54) is 14.0 Å². The number of aliphatic hydroxyl groups is 2. The second-order valence-corrected chi connectivity index (χ2v) is 7.12. The highest BCUT2D eigenvalue weighted by Gasteiger charge is 2.24. The predicted molar refractivity (Wildman–Crippen MR) is 58.8 cm³/mol. The lowest BCUT2D eigenvalue weighted by Crippen LogP contribution is -2.33. The van der Waals surface area contributed by atoms with Crippen LogP contribution in [0, 0.1) is 0 Å². The van der Waals surface area contributed by atoms with E-state index >= 15 is 0 Å². The standard InChI is InChI=1S/C9H22O5Si/c1-8(10)9(11)7-14-5-4-6-15(3,12)13-2/h8-12H,4-7H2,1-3H3. The van der Waals surface area contributed by atoms with E-state index in [1.54, 1.807) is 6.55 Å². The largest absolute Gasteiger partial charge is 0.411 e. The minimum atomic E-state index is -2.47. The first-order valence-electron chi connectivity index (χ1n) is 5.10. The first kappa shape index (κ1) is 15.0. The first-order valence-corrected chi connectivity index (χ1v) is 7.66. The van der Waals surface area contributed by atoms with Crippen LogP contribution in [0.4, 0.5) is 0 Å². The van der Waals surface area contributed by atoms with Crippen molar-refractivity contribution in [3.05, 3.63) is 0 Å². The number of ether oxygens (including phenoxy) is 1. The molecule has 6 heteroatoms. The van der Waals surface area contributed by atoms with Crippen LogP contribution in [0.3, 0.4) is 0 Å². The van der Waals surface area contributed by atoms with E-state index in [2.05, 4.69) is 0 Å². The van der Waals surface area contributed by atoms with Crippen molar-refractivity contribution < 1.29 is 24.2 Å². The molecule has 0 rings (SSSR count). The van der Waals surface area contributed by atoms with Crippen molar-refractivity contribution in [1.82, 2.24) is 0 Å². The minimum Gasteiger partial charge on any atom is -0.411 e. The molecule has 3 atom stereocenters. The van der Waals surface area contributed by atoms with Crippen LogP contribution < -0.4 is 0 Å². The van der Waals surface area contributed by atoms with Crippen LogP contribution >= 0.6 is 0 Å². The molecular formula is C9H22O5Si. The third-order valence-electron chi connectivity index (χ3n) is 2.21. The molecule has 0 aliphatic carbocycles. The predicted octanol–water partition coefficient (Wildman–Crippen LogP) is -0.155. The van der Waals surface area contributed by atoms with E-state index < -0.39 is 20.8 Å². The highest BCUT2D eigenvalue weighted by atomic mass is 28.4. The molecule has 5 nitrogen and oxygen atoms in total. The number of hydrogen-bond donors (Lipinski definition) is 3. The Morgan fingerprint density at radius 2 is 1.93 bits per heavy atom. The summed E-state index contributed by atoms with van der Waals surface area (Å²) in [6, 6.07) is 0.605. The van der Waals surface area contributed by atoms with Gasteiger partial charge in [0.05, 0.1) is 12.7 Å². The molecule has 0 fully saturated rings. The Kier molecular flexibility index (Phi) is 7.32. The Morgan fingerprint density at radius 1 is 1.33 bits per heavy atom. The molecule has 0 saturated heterocycles. The highest BCUT2D eigenvalue weighted by Crippen LogP contribution is 2.08. The second-order valence-electron chi connectivity index (χ2n) is 3.87. The molecule has 3 N–H and O–H groups in total. The fraction of sp³-hybridized carbons (Fsp3) is 1.00. The van der Waals surface area contributed by atoms with Gasteiger partial charge in [0.1, 0.15) is 6.10 Å². The summed E-state index contributed by atoms with van der Waals surface area (Å²) in [5, 5.41) is 18.2. The Bertz CT molecular complexity index is 163. The molecule has 0 bridgehead atoms. The summed E-state index contributed by atoms with van der Waals surface area (Å²) in [6.45, 7) is 3.80. The number of hydrogen-bond acceptors (Lipinski definition) is 5. The van der Waals surface area contributed by atoms with E-state index in [4.69, 9.17) is 14.3 Å². The van der Waals surface area contributed by atoms with Gasteiger partial charge in [-0.1, -0.05) is 0 Å². The average Bonchev–Trinajstić information content (AvgIpc) is 2.16. The third-order valence-corrected chi connectivity index (χ3v) is 4.38. The molecule has 0 aliphatic heterocycles. The molecule has 0 aromatic carbocycles. The van der Waals surface area contributed by atoms with Crippen LogP contribution in [0.25, 0.3) is 0 Å². The Balaban J connectivity index is 3.40. The Morgan fingerprint density at radius 3 is 2.40 bits per heavy atom. The molecule has 0 aromatic rings. The van der Waals surface area contributed by atoms with Crippen molar-refractivity contribution in [1.29, 1.82) is 0 Å². The molecule has 0 amide bonds. The van der Waals surface area contributed by atoms with Gasteiger partial charge in [-0.3, -0.25) is 0 Å². The molecule has 0 spiro atoms. The molecule has 15 heavy (non-hydrogen) atoms. The van der Waals surface area contributed by atoms with Crippen molar-refractivity contribution >= 4 is 8.56 Å².